The lowest BCUT2D eigenvalue weighted by molar-refractivity contribution is -0.137. The molecule has 2 heterocycles. The van der Waals surface area contributed by atoms with Gasteiger partial charge in [-0.05, 0) is 55.9 Å². The van der Waals surface area contributed by atoms with Crippen LogP contribution in [0.5, 0.6) is 0 Å². The van der Waals surface area contributed by atoms with E-state index in [0.717, 1.165) is 25.0 Å². The van der Waals surface area contributed by atoms with Gasteiger partial charge in [-0.25, -0.2) is 0 Å². The van der Waals surface area contributed by atoms with Gasteiger partial charge in [0, 0.05) is 21.3 Å². The summed E-state index contributed by atoms with van der Waals surface area (Å²) < 4.78 is 50.2. The average molecular weight is 318 g/mol. The van der Waals surface area contributed by atoms with E-state index >= 15 is 0 Å². The van der Waals surface area contributed by atoms with E-state index < -0.39 is 28.1 Å². The molecule has 1 N–H and O–H groups in total. The van der Waals surface area contributed by atoms with Gasteiger partial charge in [-0.3, -0.25) is 4.21 Å². The van der Waals surface area contributed by atoms with Crippen LogP contribution in [0.1, 0.15) is 42.4 Å². The van der Waals surface area contributed by atoms with Crippen LogP contribution in [-0.2, 0) is 22.6 Å². The van der Waals surface area contributed by atoms with Crippen LogP contribution in [0.25, 0.3) is 0 Å². The van der Waals surface area contributed by atoms with E-state index in [1.807, 2.05) is 0 Å². The zero-order valence-corrected chi connectivity index (χ0v) is 12.4. The van der Waals surface area contributed by atoms with Crippen molar-refractivity contribution in [2.75, 3.05) is 0 Å². The van der Waals surface area contributed by atoms with Crippen molar-refractivity contribution in [3.05, 3.63) is 34.9 Å². The number of aryl methyl sites for hydroxylation is 1. The third-order valence-electron chi connectivity index (χ3n) is 4.65. The lowest BCUT2D eigenvalue weighted by Crippen LogP contribution is -2.40. The first-order valence-electron chi connectivity index (χ1n) is 7.01. The molecule has 2 bridgehead atoms. The molecule has 2 nitrogen and oxygen atoms in total. The number of benzene rings is 1. The second-order valence-electron chi connectivity index (χ2n) is 6.12. The molecule has 2 fully saturated rings. The van der Waals surface area contributed by atoms with Gasteiger partial charge in [0.25, 0.3) is 0 Å². The Hall–Kier alpha value is -0.880. The summed E-state index contributed by atoms with van der Waals surface area (Å²) in [6.45, 7) is 1.59. The fourth-order valence-electron chi connectivity index (χ4n) is 3.66. The Bertz CT molecular complexity index is 581. The monoisotopic (exact) mass is 318 g/mol. The third-order valence-corrected chi connectivity index (χ3v) is 6.77. The van der Waals surface area contributed by atoms with Crippen molar-refractivity contribution in [2.45, 2.75) is 54.9 Å². The zero-order chi connectivity index (χ0) is 15.4. The summed E-state index contributed by atoms with van der Waals surface area (Å²) >= 11 is 0. The first-order chi connectivity index (χ1) is 9.71. The van der Waals surface area contributed by atoms with E-state index in [2.05, 4.69) is 0 Å². The highest BCUT2D eigenvalue weighted by molar-refractivity contribution is 7.86. The lowest BCUT2D eigenvalue weighted by atomic mass is 9.83. The maximum Gasteiger partial charge on any atom is 0.416 e. The number of hydrogen-bond acceptors (Lipinski definition) is 2. The highest BCUT2D eigenvalue weighted by Crippen LogP contribution is 2.47. The summed E-state index contributed by atoms with van der Waals surface area (Å²) in [6, 6.07) is 3.49. The summed E-state index contributed by atoms with van der Waals surface area (Å²) in [5.41, 5.74) is -0.855. The molecule has 116 valence electrons. The minimum Gasteiger partial charge on any atom is -0.385 e. The highest BCUT2D eigenvalue weighted by atomic mass is 32.2. The van der Waals surface area contributed by atoms with Crippen LogP contribution in [0.4, 0.5) is 13.2 Å². The van der Waals surface area contributed by atoms with Gasteiger partial charge in [0.05, 0.1) is 11.2 Å². The Morgan fingerprint density at radius 1 is 1.24 bits per heavy atom. The number of aliphatic hydroxyl groups is 1. The molecule has 1 aromatic carbocycles. The number of fused-ring (bicyclic) bond motifs is 2. The summed E-state index contributed by atoms with van der Waals surface area (Å²) in [4.78, 5) is 0. The SMILES string of the molecule is Cc1cc(C(F)(F)F)ccc1C1(O)CC2CCC(C1)S2=O. The number of halogens is 3. The van der Waals surface area contributed by atoms with Gasteiger partial charge in [-0.15, -0.1) is 0 Å². The molecule has 6 heteroatoms. The van der Waals surface area contributed by atoms with Gasteiger partial charge >= 0.3 is 6.18 Å². The Kier molecular flexibility index (Phi) is 3.44. The Morgan fingerprint density at radius 2 is 1.81 bits per heavy atom. The molecule has 2 unspecified atom stereocenters. The van der Waals surface area contributed by atoms with E-state index in [1.54, 1.807) is 6.92 Å². The zero-order valence-electron chi connectivity index (χ0n) is 11.6. The molecule has 2 aliphatic rings. The molecule has 0 saturated carbocycles. The molecule has 2 atom stereocenters. The van der Waals surface area contributed by atoms with Gasteiger partial charge in [0.2, 0.25) is 0 Å². The first-order valence-corrected chi connectivity index (χ1v) is 8.28. The largest absolute Gasteiger partial charge is 0.416 e. The van der Waals surface area contributed by atoms with Gasteiger partial charge in [0.15, 0.2) is 0 Å². The molecule has 3 rings (SSSR count). The van der Waals surface area contributed by atoms with Crippen LogP contribution in [0.15, 0.2) is 18.2 Å². The fraction of sp³-hybridized carbons (Fsp3) is 0.600. The predicted octanol–water partition coefficient (Wildman–Crippen LogP) is 3.27. The van der Waals surface area contributed by atoms with Crippen LogP contribution in [-0.4, -0.2) is 19.8 Å². The van der Waals surface area contributed by atoms with Crippen LogP contribution in [0.2, 0.25) is 0 Å². The van der Waals surface area contributed by atoms with Crippen molar-refractivity contribution in [1.29, 1.82) is 0 Å². The van der Waals surface area contributed by atoms with Gasteiger partial charge in [0.1, 0.15) is 0 Å². The molecule has 2 aliphatic heterocycles. The Morgan fingerprint density at radius 3 is 2.29 bits per heavy atom. The smallest absolute Gasteiger partial charge is 0.385 e. The quantitative estimate of drug-likeness (QED) is 0.863. The van der Waals surface area contributed by atoms with Crippen molar-refractivity contribution in [2.24, 2.45) is 0 Å². The predicted molar refractivity (Wildman–Crippen MR) is 74.3 cm³/mol. The molecular formula is C15H17F3O2S. The van der Waals surface area contributed by atoms with Crippen LogP contribution < -0.4 is 0 Å². The van der Waals surface area contributed by atoms with E-state index in [4.69, 9.17) is 0 Å². The Balaban J connectivity index is 1.96. The number of rotatable bonds is 1. The molecule has 0 aromatic heterocycles. The summed E-state index contributed by atoms with van der Waals surface area (Å²) in [5, 5.41) is 10.8. The summed E-state index contributed by atoms with van der Waals surface area (Å²) in [5.74, 6) is 0. The minimum absolute atomic E-state index is 0.0320. The first kappa shape index (κ1) is 15.0. The highest BCUT2D eigenvalue weighted by Gasteiger charge is 2.49. The summed E-state index contributed by atoms with van der Waals surface area (Å²) in [6.07, 6.45) is -1.96. The molecule has 0 radical (unpaired) electrons. The lowest BCUT2D eigenvalue weighted by Gasteiger charge is -2.37. The average Bonchev–Trinajstić information content (AvgIpc) is 2.61. The molecule has 21 heavy (non-hydrogen) atoms. The minimum atomic E-state index is -4.38. The normalized spacial score (nSPS) is 36.0. The fourth-order valence-corrected chi connectivity index (χ4v) is 5.82. The third kappa shape index (κ3) is 2.52. The maximum atomic E-state index is 12.7. The van der Waals surface area contributed by atoms with Crippen LogP contribution in [0.3, 0.4) is 0 Å². The van der Waals surface area contributed by atoms with Crippen LogP contribution >= 0.6 is 0 Å². The van der Waals surface area contributed by atoms with E-state index in [1.165, 1.54) is 6.07 Å². The molecule has 1 aromatic rings. The molecular weight excluding hydrogens is 301 g/mol. The van der Waals surface area contributed by atoms with Crippen molar-refractivity contribution in [1.82, 2.24) is 0 Å². The second kappa shape index (κ2) is 4.81. The van der Waals surface area contributed by atoms with Crippen molar-refractivity contribution in [3.63, 3.8) is 0 Å². The van der Waals surface area contributed by atoms with Gasteiger partial charge < -0.3 is 5.11 Å². The maximum absolute atomic E-state index is 12.7. The van der Waals surface area contributed by atoms with E-state index in [-0.39, 0.29) is 10.5 Å². The Labute approximate surface area is 123 Å². The van der Waals surface area contributed by atoms with E-state index in [0.29, 0.717) is 24.0 Å². The van der Waals surface area contributed by atoms with Crippen molar-refractivity contribution < 1.29 is 22.5 Å². The second-order valence-corrected chi connectivity index (χ2v) is 8.11. The molecule has 2 saturated heterocycles. The van der Waals surface area contributed by atoms with Crippen LogP contribution in [0, 0.1) is 6.92 Å². The van der Waals surface area contributed by atoms with Crippen molar-refractivity contribution in [3.8, 4) is 0 Å². The van der Waals surface area contributed by atoms with Gasteiger partial charge in [-0.1, -0.05) is 6.07 Å². The molecule has 0 amide bonds. The number of alkyl halides is 3. The van der Waals surface area contributed by atoms with E-state index in [9.17, 15) is 22.5 Å². The molecule has 0 spiro atoms. The molecule has 0 aliphatic carbocycles. The number of hydrogen-bond donors (Lipinski definition) is 1. The topological polar surface area (TPSA) is 37.3 Å². The summed E-state index contributed by atoms with van der Waals surface area (Å²) in [7, 11) is -0.904. The van der Waals surface area contributed by atoms with Gasteiger partial charge in [-0.2, -0.15) is 13.2 Å². The standard InChI is InChI=1S/C15H17F3O2S/c1-9-6-10(15(16,17)18)2-5-13(9)14(19)7-11-3-4-12(8-14)21(11)20/h2,5-6,11-12,19H,3-4,7-8H2,1H3. The van der Waals surface area contributed by atoms with Crippen molar-refractivity contribution >= 4 is 10.8 Å².